The molecule has 1 aliphatic rings. The third-order valence-corrected chi connectivity index (χ3v) is 3.11. The van der Waals surface area contributed by atoms with Gasteiger partial charge in [0.05, 0.1) is 18.3 Å². The van der Waals surface area contributed by atoms with Gasteiger partial charge in [0, 0.05) is 11.4 Å². The summed E-state index contributed by atoms with van der Waals surface area (Å²) in [6.07, 6.45) is 4.52. The van der Waals surface area contributed by atoms with E-state index in [1.807, 2.05) is 6.20 Å². The zero-order valence-corrected chi connectivity index (χ0v) is 8.69. The van der Waals surface area contributed by atoms with Gasteiger partial charge in [-0.1, -0.05) is 18.2 Å². The molecular formula is C12H15N3. The number of rotatable bonds is 2. The van der Waals surface area contributed by atoms with Crippen LogP contribution in [0.4, 0.5) is 0 Å². The van der Waals surface area contributed by atoms with E-state index >= 15 is 0 Å². The molecule has 0 radical (unpaired) electrons. The van der Waals surface area contributed by atoms with Crippen LogP contribution >= 0.6 is 0 Å². The minimum absolute atomic E-state index is 0.605. The molecule has 78 valence electrons. The van der Waals surface area contributed by atoms with E-state index in [4.69, 9.17) is 0 Å². The molecule has 1 aromatic carbocycles. The largest absolute Gasteiger partial charge is 0.312 e. The van der Waals surface area contributed by atoms with Gasteiger partial charge in [-0.05, 0) is 25.5 Å². The van der Waals surface area contributed by atoms with Gasteiger partial charge in [0.15, 0.2) is 0 Å². The van der Waals surface area contributed by atoms with Gasteiger partial charge in [-0.25, -0.2) is 0 Å². The van der Waals surface area contributed by atoms with Gasteiger partial charge in [0.25, 0.3) is 0 Å². The average Bonchev–Trinajstić information content (AvgIpc) is 2.89. The molecule has 3 nitrogen and oxygen atoms in total. The molecule has 1 saturated heterocycles. The molecule has 0 bridgehead atoms. The third kappa shape index (κ3) is 1.63. The number of hydrogen-bond acceptors (Lipinski definition) is 2. The summed E-state index contributed by atoms with van der Waals surface area (Å²) in [5.41, 5.74) is 1.24. The van der Waals surface area contributed by atoms with Crippen molar-refractivity contribution in [1.29, 1.82) is 0 Å². The van der Waals surface area contributed by atoms with Crippen molar-refractivity contribution in [2.45, 2.75) is 25.4 Å². The lowest BCUT2D eigenvalue weighted by Gasteiger charge is -2.10. The Bertz CT molecular complexity index is 455. The standard InChI is InChI=1S/C12H15N3/c1-2-6-12-10(4-1)8-14-15(12)9-11-5-3-7-13-11/h1-2,4,6,8,11,13H,3,5,7,9H2/t11-/m1/s1. The van der Waals surface area contributed by atoms with Crippen molar-refractivity contribution in [3.05, 3.63) is 30.5 Å². The van der Waals surface area contributed by atoms with Crippen molar-refractivity contribution in [1.82, 2.24) is 15.1 Å². The second-order valence-corrected chi connectivity index (χ2v) is 4.18. The number of aromatic nitrogens is 2. The first-order valence-corrected chi connectivity index (χ1v) is 5.57. The zero-order valence-electron chi connectivity index (χ0n) is 8.69. The molecule has 2 aromatic rings. The molecule has 0 spiro atoms. The van der Waals surface area contributed by atoms with Gasteiger partial charge in [-0.2, -0.15) is 5.10 Å². The van der Waals surface area contributed by atoms with Crippen molar-refractivity contribution in [2.24, 2.45) is 0 Å². The van der Waals surface area contributed by atoms with Gasteiger partial charge in [0.1, 0.15) is 0 Å². The van der Waals surface area contributed by atoms with Crippen LogP contribution in [0.3, 0.4) is 0 Å². The van der Waals surface area contributed by atoms with Gasteiger partial charge in [-0.3, -0.25) is 4.68 Å². The predicted octanol–water partition coefficient (Wildman–Crippen LogP) is 1.79. The molecule has 1 atom stereocenters. The second kappa shape index (κ2) is 3.66. The highest BCUT2D eigenvalue weighted by Gasteiger charge is 2.15. The molecule has 0 unspecified atom stereocenters. The van der Waals surface area contributed by atoms with E-state index in [0.29, 0.717) is 6.04 Å². The molecule has 3 heteroatoms. The van der Waals surface area contributed by atoms with E-state index in [0.717, 1.165) is 13.1 Å². The van der Waals surface area contributed by atoms with E-state index in [1.54, 1.807) is 0 Å². The first-order valence-electron chi connectivity index (χ1n) is 5.57. The molecular weight excluding hydrogens is 186 g/mol. The fourth-order valence-corrected chi connectivity index (χ4v) is 2.29. The third-order valence-electron chi connectivity index (χ3n) is 3.11. The lowest BCUT2D eigenvalue weighted by molar-refractivity contribution is 0.486. The number of benzene rings is 1. The summed E-state index contributed by atoms with van der Waals surface area (Å²) in [6.45, 7) is 2.15. The maximum atomic E-state index is 4.44. The summed E-state index contributed by atoms with van der Waals surface area (Å²) in [4.78, 5) is 0. The predicted molar refractivity (Wildman–Crippen MR) is 60.8 cm³/mol. The quantitative estimate of drug-likeness (QED) is 0.802. The minimum atomic E-state index is 0.605. The fraction of sp³-hybridized carbons (Fsp3) is 0.417. The highest BCUT2D eigenvalue weighted by molar-refractivity contribution is 5.78. The van der Waals surface area contributed by atoms with Crippen LogP contribution in [0.15, 0.2) is 30.5 Å². The summed E-state index contributed by atoms with van der Waals surface area (Å²) in [6, 6.07) is 8.98. The molecule has 0 amide bonds. The topological polar surface area (TPSA) is 29.9 Å². The molecule has 1 fully saturated rings. The second-order valence-electron chi connectivity index (χ2n) is 4.18. The Morgan fingerprint density at radius 3 is 3.20 bits per heavy atom. The Kier molecular flexibility index (Phi) is 2.18. The number of fused-ring (bicyclic) bond motifs is 1. The van der Waals surface area contributed by atoms with Crippen molar-refractivity contribution in [2.75, 3.05) is 6.54 Å². The van der Waals surface area contributed by atoms with Crippen LogP contribution in [0.2, 0.25) is 0 Å². The molecule has 3 rings (SSSR count). The molecule has 1 N–H and O–H groups in total. The van der Waals surface area contributed by atoms with Crippen LogP contribution in [-0.4, -0.2) is 22.4 Å². The Balaban J connectivity index is 1.90. The van der Waals surface area contributed by atoms with Crippen LogP contribution < -0.4 is 5.32 Å². The van der Waals surface area contributed by atoms with Crippen LogP contribution in [0.1, 0.15) is 12.8 Å². The maximum Gasteiger partial charge on any atom is 0.0683 e. The molecule has 0 aliphatic carbocycles. The van der Waals surface area contributed by atoms with Gasteiger partial charge < -0.3 is 5.32 Å². The van der Waals surface area contributed by atoms with Crippen LogP contribution in [0.5, 0.6) is 0 Å². The Hall–Kier alpha value is -1.35. The molecule has 2 heterocycles. The molecule has 0 saturated carbocycles. The number of nitrogens with one attached hydrogen (secondary N) is 1. The van der Waals surface area contributed by atoms with Crippen molar-refractivity contribution < 1.29 is 0 Å². The first-order chi connectivity index (χ1) is 7.43. The maximum absolute atomic E-state index is 4.44. The van der Waals surface area contributed by atoms with E-state index in [2.05, 4.69) is 39.4 Å². The highest BCUT2D eigenvalue weighted by atomic mass is 15.3. The van der Waals surface area contributed by atoms with Crippen molar-refractivity contribution in [3.63, 3.8) is 0 Å². The van der Waals surface area contributed by atoms with Crippen LogP contribution in [0, 0.1) is 0 Å². The monoisotopic (exact) mass is 201 g/mol. The average molecular weight is 201 g/mol. The van der Waals surface area contributed by atoms with Crippen LogP contribution in [0.25, 0.3) is 10.9 Å². The number of para-hydroxylation sites is 1. The summed E-state index contributed by atoms with van der Waals surface area (Å²) in [5.74, 6) is 0. The van der Waals surface area contributed by atoms with E-state index in [-0.39, 0.29) is 0 Å². The van der Waals surface area contributed by atoms with E-state index in [9.17, 15) is 0 Å². The number of nitrogens with zero attached hydrogens (tertiary/aromatic N) is 2. The smallest absolute Gasteiger partial charge is 0.0683 e. The highest BCUT2D eigenvalue weighted by Crippen LogP contribution is 2.15. The minimum Gasteiger partial charge on any atom is -0.312 e. The Labute approximate surface area is 89.1 Å². The number of hydrogen-bond donors (Lipinski definition) is 1. The zero-order chi connectivity index (χ0) is 10.1. The van der Waals surface area contributed by atoms with E-state index < -0.39 is 0 Å². The lowest BCUT2D eigenvalue weighted by Crippen LogP contribution is -2.27. The lowest BCUT2D eigenvalue weighted by atomic mass is 10.2. The SMILES string of the molecule is c1ccc2c(c1)cnn2C[C@H]1CCCN1. The summed E-state index contributed by atoms with van der Waals surface area (Å²) < 4.78 is 2.11. The fourth-order valence-electron chi connectivity index (χ4n) is 2.29. The molecule has 1 aromatic heterocycles. The normalized spacial score (nSPS) is 21.2. The van der Waals surface area contributed by atoms with Crippen molar-refractivity contribution in [3.8, 4) is 0 Å². The first kappa shape index (κ1) is 8.92. The summed E-state index contributed by atoms with van der Waals surface area (Å²) in [7, 11) is 0. The summed E-state index contributed by atoms with van der Waals surface area (Å²) in [5, 5.41) is 9.17. The van der Waals surface area contributed by atoms with Crippen LogP contribution in [-0.2, 0) is 6.54 Å². The van der Waals surface area contributed by atoms with Crippen molar-refractivity contribution >= 4 is 10.9 Å². The Morgan fingerprint density at radius 2 is 2.33 bits per heavy atom. The van der Waals surface area contributed by atoms with E-state index in [1.165, 1.54) is 23.7 Å². The van der Waals surface area contributed by atoms with Gasteiger partial charge in [0.2, 0.25) is 0 Å². The molecule has 15 heavy (non-hydrogen) atoms. The molecule has 1 aliphatic heterocycles. The van der Waals surface area contributed by atoms with Gasteiger partial charge >= 0.3 is 0 Å². The van der Waals surface area contributed by atoms with Gasteiger partial charge in [-0.15, -0.1) is 0 Å². The Morgan fingerprint density at radius 1 is 1.40 bits per heavy atom. The summed E-state index contributed by atoms with van der Waals surface area (Å²) >= 11 is 0.